The lowest BCUT2D eigenvalue weighted by molar-refractivity contribution is -0.274. The third-order valence-electron chi connectivity index (χ3n) is 3.79. The highest BCUT2D eigenvalue weighted by Crippen LogP contribution is 2.42. The van der Waals surface area contributed by atoms with E-state index in [-0.39, 0.29) is 17.6 Å². The Labute approximate surface area is 114 Å². The summed E-state index contributed by atoms with van der Waals surface area (Å²) in [6.45, 7) is 3.75. The van der Waals surface area contributed by atoms with Gasteiger partial charge in [-0.3, -0.25) is 4.79 Å². The molecule has 0 aromatic heterocycles. The molecular formula is C14H15F3O3. The van der Waals surface area contributed by atoms with Gasteiger partial charge in [-0.2, -0.15) is 0 Å². The number of Topliss-reactive ketones (excluding diaryl/α,β-unsaturated/α-hetero) is 1. The molecule has 1 aromatic rings. The highest BCUT2D eigenvalue weighted by atomic mass is 19.4. The lowest BCUT2D eigenvalue weighted by Crippen LogP contribution is -2.54. The first-order chi connectivity index (χ1) is 9.24. The quantitative estimate of drug-likeness (QED) is 0.847. The SMILES string of the molecule is CCC1(C)C(=O)CC1Oc1ccc(OC(F)(F)F)cc1. The van der Waals surface area contributed by atoms with Gasteiger partial charge in [0.15, 0.2) is 0 Å². The molecule has 1 aliphatic carbocycles. The predicted molar refractivity (Wildman–Crippen MR) is 65.6 cm³/mol. The van der Waals surface area contributed by atoms with Crippen LogP contribution in [0.3, 0.4) is 0 Å². The Morgan fingerprint density at radius 2 is 1.80 bits per heavy atom. The maximum atomic E-state index is 12.0. The fourth-order valence-electron chi connectivity index (χ4n) is 2.16. The van der Waals surface area contributed by atoms with Gasteiger partial charge < -0.3 is 9.47 Å². The number of ether oxygens (including phenoxy) is 2. The molecule has 2 unspecified atom stereocenters. The Bertz CT molecular complexity index is 495. The van der Waals surface area contributed by atoms with Crippen LogP contribution in [0.4, 0.5) is 13.2 Å². The van der Waals surface area contributed by atoms with Crippen molar-refractivity contribution in [1.82, 2.24) is 0 Å². The van der Waals surface area contributed by atoms with Crippen molar-refractivity contribution in [2.45, 2.75) is 39.2 Å². The zero-order chi connectivity index (χ0) is 15.0. The van der Waals surface area contributed by atoms with Crippen molar-refractivity contribution in [3.8, 4) is 11.5 Å². The molecule has 0 aliphatic heterocycles. The Hall–Kier alpha value is -1.72. The second-order valence-electron chi connectivity index (χ2n) is 5.02. The summed E-state index contributed by atoms with van der Waals surface area (Å²) >= 11 is 0. The largest absolute Gasteiger partial charge is 0.573 e. The van der Waals surface area contributed by atoms with Crippen LogP contribution in [0.2, 0.25) is 0 Å². The molecule has 0 heterocycles. The molecule has 0 bridgehead atoms. The van der Waals surface area contributed by atoms with Crippen LogP contribution in [0.15, 0.2) is 24.3 Å². The van der Waals surface area contributed by atoms with Crippen LogP contribution in [0.1, 0.15) is 26.7 Å². The molecule has 110 valence electrons. The molecule has 0 saturated heterocycles. The Morgan fingerprint density at radius 3 is 2.25 bits per heavy atom. The van der Waals surface area contributed by atoms with Gasteiger partial charge in [0.1, 0.15) is 23.4 Å². The van der Waals surface area contributed by atoms with Gasteiger partial charge >= 0.3 is 6.36 Å². The summed E-state index contributed by atoms with van der Waals surface area (Å²) in [4.78, 5) is 11.6. The Balaban J connectivity index is 2.00. The van der Waals surface area contributed by atoms with E-state index in [4.69, 9.17) is 4.74 Å². The summed E-state index contributed by atoms with van der Waals surface area (Å²) in [7, 11) is 0. The average Bonchev–Trinajstić information content (AvgIpc) is 2.37. The molecular weight excluding hydrogens is 273 g/mol. The molecule has 6 heteroatoms. The molecule has 0 amide bonds. The third-order valence-corrected chi connectivity index (χ3v) is 3.79. The molecule has 1 saturated carbocycles. The fourth-order valence-corrected chi connectivity index (χ4v) is 2.16. The van der Waals surface area contributed by atoms with Crippen LogP contribution in [0.5, 0.6) is 11.5 Å². The van der Waals surface area contributed by atoms with Crippen LogP contribution in [0, 0.1) is 5.41 Å². The first-order valence-electron chi connectivity index (χ1n) is 6.30. The first-order valence-corrected chi connectivity index (χ1v) is 6.30. The van der Waals surface area contributed by atoms with Crippen molar-refractivity contribution >= 4 is 5.78 Å². The summed E-state index contributed by atoms with van der Waals surface area (Å²) in [6.07, 6.45) is -3.92. The molecule has 0 N–H and O–H groups in total. The maximum Gasteiger partial charge on any atom is 0.573 e. The predicted octanol–water partition coefficient (Wildman–Crippen LogP) is 3.72. The summed E-state index contributed by atoms with van der Waals surface area (Å²) in [5.41, 5.74) is -0.499. The van der Waals surface area contributed by atoms with Crippen molar-refractivity contribution < 1.29 is 27.4 Å². The number of alkyl halides is 3. The maximum absolute atomic E-state index is 12.0. The van der Waals surface area contributed by atoms with Crippen molar-refractivity contribution in [2.24, 2.45) is 5.41 Å². The minimum absolute atomic E-state index is 0.155. The van der Waals surface area contributed by atoms with E-state index in [0.717, 1.165) is 0 Å². The van der Waals surface area contributed by atoms with E-state index < -0.39 is 11.8 Å². The average molecular weight is 288 g/mol. The van der Waals surface area contributed by atoms with Gasteiger partial charge in [-0.1, -0.05) is 6.92 Å². The zero-order valence-electron chi connectivity index (χ0n) is 11.2. The highest BCUT2D eigenvalue weighted by Gasteiger charge is 2.51. The van der Waals surface area contributed by atoms with E-state index in [1.54, 1.807) is 0 Å². The fraction of sp³-hybridized carbons (Fsp3) is 0.500. The lowest BCUT2D eigenvalue weighted by Gasteiger charge is -2.44. The number of halogens is 3. The normalized spacial score (nSPS) is 26.1. The number of rotatable bonds is 4. The van der Waals surface area contributed by atoms with Crippen LogP contribution < -0.4 is 9.47 Å². The van der Waals surface area contributed by atoms with Crippen molar-refractivity contribution in [3.63, 3.8) is 0 Å². The summed E-state index contributed by atoms with van der Waals surface area (Å²) in [6, 6.07) is 5.18. The van der Waals surface area contributed by atoms with Gasteiger partial charge in [-0.15, -0.1) is 13.2 Å². The number of hydrogen-bond donors (Lipinski definition) is 0. The van der Waals surface area contributed by atoms with Crippen molar-refractivity contribution in [3.05, 3.63) is 24.3 Å². The van der Waals surface area contributed by atoms with Crippen molar-refractivity contribution in [2.75, 3.05) is 0 Å². The van der Waals surface area contributed by atoms with Crippen LogP contribution in [0.25, 0.3) is 0 Å². The zero-order valence-corrected chi connectivity index (χ0v) is 11.2. The smallest absolute Gasteiger partial charge is 0.489 e. The molecule has 3 nitrogen and oxygen atoms in total. The van der Waals surface area contributed by atoms with E-state index >= 15 is 0 Å². The second-order valence-corrected chi connectivity index (χ2v) is 5.02. The monoisotopic (exact) mass is 288 g/mol. The topological polar surface area (TPSA) is 35.5 Å². The Kier molecular flexibility index (Phi) is 3.67. The van der Waals surface area contributed by atoms with E-state index in [9.17, 15) is 18.0 Å². The molecule has 1 aromatic carbocycles. The van der Waals surface area contributed by atoms with Gasteiger partial charge in [0.05, 0.1) is 5.41 Å². The number of carbonyl (C=O) groups excluding carboxylic acids is 1. The summed E-state index contributed by atoms with van der Waals surface area (Å²) < 4.78 is 45.5. The second kappa shape index (κ2) is 5.00. The minimum atomic E-state index is -4.70. The molecule has 1 aliphatic rings. The summed E-state index contributed by atoms with van der Waals surface area (Å²) in [5, 5.41) is 0. The molecule has 20 heavy (non-hydrogen) atoms. The van der Waals surface area contributed by atoms with Crippen LogP contribution >= 0.6 is 0 Å². The molecule has 1 fully saturated rings. The number of ketones is 1. The van der Waals surface area contributed by atoms with Gasteiger partial charge in [0, 0.05) is 6.42 Å². The Morgan fingerprint density at radius 1 is 1.25 bits per heavy atom. The molecule has 2 rings (SSSR count). The standard InChI is InChI=1S/C14H15F3O3/c1-3-13(2)11(18)8-12(13)19-9-4-6-10(7-5-9)20-14(15,16)17/h4-7,12H,3,8H2,1-2H3. The highest BCUT2D eigenvalue weighted by molar-refractivity contribution is 5.92. The molecule has 2 atom stereocenters. The van der Waals surface area contributed by atoms with Crippen LogP contribution in [-0.4, -0.2) is 18.2 Å². The van der Waals surface area contributed by atoms with Crippen LogP contribution in [-0.2, 0) is 4.79 Å². The lowest BCUT2D eigenvalue weighted by atomic mass is 9.64. The van der Waals surface area contributed by atoms with Crippen molar-refractivity contribution in [1.29, 1.82) is 0 Å². The van der Waals surface area contributed by atoms with E-state index in [2.05, 4.69) is 4.74 Å². The number of benzene rings is 1. The molecule has 0 radical (unpaired) electrons. The van der Waals surface area contributed by atoms with Gasteiger partial charge in [-0.25, -0.2) is 0 Å². The number of hydrogen-bond acceptors (Lipinski definition) is 3. The molecule has 0 spiro atoms. The summed E-state index contributed by atoms with van der Waals surface area (Å²) in [5.74, 6) is 0.284. The van der Waals surface area contributed by atoms with E-state index in [1.807, 2.05) is 13.8 Å². The van der Waals surface area contributed by atoms with Gasteiger partial charge in [0.2, 0.25) is 0 Å². The first kappa shape index (κ1) is 14.7. The van der Waals surface area contributed by atoms with E-state index in [1.165, 1.54) is 24.3 Å². The minimum Gasteiger partial charge on any atom is -0.489 e. The third kappa shape index (κ3) is 2.89. The number of carbonyl (C=O) groups is 1. The van der Waals surface area contributed by atoms with Gasteiger partial charge in [-0.05, 0) is 37.6 Å². The van der Waals surface area contributed by atoms with Gasteiger partial charge in [0.25, 0.3) is 0 Å². The van der Waals surface area contributed by atoms with E-state index in [0.29, 0.717) is 18.6 Å².